The molecule has 0 aliphatic carbocycles. The van der Waals surface area contributed by atoms with Gasteiger partial charge in [-0.15, -0.1) is 0 Å². The Morgan fingerprint density at radius 2 is 0.986 bits per heavy atom. The number of benzene rings is 4. The molecule has 0 atom stereocenters. The summed E-state index contributed by atoms with van der Waals surface area (Å²) in [6.45, 7) is 7.44. The summed E-state index contributed by atoms with van der Waals surface area (Å²) in [5.74, 6) is -5.24. The zero-order valence-corrected chi connectivity index (χ0v) is 39.3. The number of rotatable bonds is 11. The molecule has 8 aromatic rings. The van der Waals surface area contributed by atoms with E-state index < -0.39 is 36.1 Å². The summed E-state index contributed by atoms with van der Waals surface area (Å²) in [7, 11) is 0. The highest BCUT2D eigenvalue weighted by Crippen LogP contribution is 2.34. The number of aryl methyl sites for hydroxylation is 2. The number of carbonyl (C=O) groups is 4. The predicted octanol–water partition coefficient (Wildman–Crippen LogP) is 9.16. The highest BCUT2D eigenvalue weighted by atomic mass is 19.4. The number of para-hydroxylation sites is 2. The van der Waals surface area contributed by atoms with Gasteiger partial charge in [-0.3, -0.25) is 9.59 Å². The van der Waals surface area contributed by atoms with Crippen LogP contribution in [0, 0.1) is 0 Å². The number of pyridine rings is 2. The van der Waals surface area contributed by atoms with Crippen LogP contribution in [0.5, 0.6) is 0 Å². The topological polar surface area (TPSA) is 280 Å². The smallest absolute Gasteiger partial charge is 0.475 e. The molecule has 9 rings (SSSR count). The van der Waals surface area contributed by atoms with Crippen molar-refractivity contribution in [1.82, 2.24) is 29.9 Å². The third kappa shape index (κ3) is 13.7. The Morgan fingerprint density at radius 1 is 0.608 bits per heavy atom. The summed E-state index contributed by atoms with van der Waals surface area (Å²) in [5.41, 5.74) is 22.5. The Morgan fingerprint density at radius 3 is 1.36 bits per heavy atom. The van der Waals surface area contributed by atoms with Crippen molar-refractivity contribution < 1.29 is 60.5 Å². The van der Waals surface area contributed by atoms with Crippen molar-refractivity contribution >= 4 is 74.5 Å². The molecule has 24 heteroatoms. The number of amides is 2. The first-order valence-electron chi connectivity index (χ1n) is 22.4. The van der Waals surface area contributed by atoms with Crippen LogP contribution in [0.4, 0.5) is 54.8 Å². The average Bonchev–Trinajstić information content (AvgIpc) is 4.03. The van der Waals surface area contributed by atoms with Crippen LogP contribution >= 0.6 is 0 Å². The Balaban J connectivity index is 0.000000194. The van der Waals surface area contributed by atoms with E-state index in [4.69, 9.17) is 36.0 Å². The number of hydrogen-bond acceptors (Lipinski definition) is 12. The number of H-pyrrole nitrogens is 2. The van der Waals surface area contributed by atoms with Crippen LogP contribution in [0.3, 0.4) is 0 Å². The van der Waals surface area contributed by atoms with Crippen molar-refractivity contribution in [3.05, 3.63) is 138 Å². The minimum atomic E-state index is -5.08. The molecular formula is C50H47F6N11O7. The largest absolute Gasteiger partial charge is 0.490 e. The molecule has 5 heterocycles. The lowest BCUT2D eigenvalue weighted by atomic mass is 10.1. The molecule has 0 saturated carbocycles. The average molecular weight is 1030 g/mol. The normalized spacial score (nSPS) is 12.3. The first kappa shape index (κ1) is 54.3. The van der Waals surface area contributed by atoms with Gasteiger partial charge >= 0.3 is 24.3 Å². The van der Waals surface area contributed by atoms with Crippen LogP contribution < -0.4 is 27.0 Å². The lowest BCUT2D eigenvalue weighted by Crippen LogP contribution is -2.36. The van der Waals surface area contributed by atoms with Crippen molar-refractivity contribution in [3.63, 3.8) is 0 Å². The summed E-state index contributed by atoms with van der Waals surface area (Å²) < 4.78 is 68.9. The lowest BCUT2D eigenvalue weighted by molar-refractivity contribution is -0.193. The number of anilines is 5. The number of nitrogens with one attached hydrogen (secondary N) is 4. The predicted molar refractivity (Wildman–Crippen MR) is 264 cm³/mol. The van der Waals surface area contributed by atoms with Gasteiger partial charge in [-0.1, -0.05) is 80.6 Å². The second-order valence-electron chi connectivity index (χ2n) is 15.8. The Hall–Kier alpha value is -9.06. The van der Waals surface area contributed by atoms with Gasteiger partial charge in [0.2, 0.25) is 0 Å². The van der Waals surface area contributed by atoms with Crippen LogP contribution in [0.2, 0.25) is 0 Å². The third-order valence-corrected chi connectivity index (χ3v) is 10.9. The molecule has 1 aliphatic heterocycles. The molecule has 1 saturated heterocycles. The van der Waals surface area contributed by atoms with Gasteiger partial charge in [-0.25, -0.2) is 29.5 Å². The molecule has 0 bridgehead atoms. The fourth-order valence-corrected chi connectivity index (χ4v) is 7.24. The number of nitrogens with two attached hydrogens (primary N) is 2. The molecule has 0 radical (unpaired) electrons. The first-order chi connectivity index (χ1) is 35.2. The Labute approximate surface area is 416 Å². The van der Waals surface area contributed by atoms with Crippen molar-refractivity contribution in [2.45, 2.75) is 39.0 Å². The van der Waals surface area contributed by atoms with Crippen molar-refractivity contribution in [2.24, 2.45) is 11.5 Å². The molecule has 1 aliphatic rings. The molecular weight excluding hydrogens is 981 g/mol. The quantitative estimate of drug-likeness (QED) is 0.0561. The number of aromatic amines is 2. The number of aliphatic carboxylic acids is 2. The molecule has 0 unspecified atom stereocenters. The second-order valence-corrected chi connectivity index (χ2v) is 15.8. The summed E-state index contributed by atoms with van der Waals surface area (Å²) in [6.07, 6.45) is -5.50. The number of morpholine rings is 1. The zero-order chi connectivity index (χ0) is 53.7. The van der Waals surface area contributed by atoms with Crippen LogP contribution in [-0.2, 0) is 27.2 Å². The minimum absolute atomic E-state index is 0.311. The summed E-state index contributed by atoms with van der Waals surface area (Å²) in [4.78, 5) is 68.8. The third-order valence-electron chi connectivity index (χ3n) is 10.9. The molecule has 386 valence electrons. The maximum absolute atomic E-state index is 12.2. The van der Waals surface area contributed by atoms with Crippen LogP contribution in [-0.4, -0.2) is 103 Å². The number of aromatic nitrogens is 6. The van der Waals surface area contributed by atoms with Gasteiger partial charge in [0.15, 0.2) is 11.3 Å². The number of nitrogens with zero attached hydrogens (tertiary/aromatic N) is 5. The summed E-state index contributed by atoms with van der Waals surface area (Å²) in [5, 5.41) is 21.0. The fraction of sp³-hybridized carbons (Fsp3) is 0.200. The van der Waals surface area contributed by atoms with E-state index in [1.807, 2.05) is 84.9 Å². The van der Waals surface area contributed by atoms with E-state index in [0.717, 1.165) is 78.5 Å². The number of carboxylic acid groups (broad SMARTS) is 2. The number of ether oxygens (including phenoxy) is 1. The molecule has 1 fully saturated rings. The Bertz CT molecular complexity index is 3230. The fourth-order valence-electron chi connectivity index (χ4n) is 7.24. The lowest BCUT2D eigenvalue weighted by Gasteiger charge is -2.28. The molecule has 74 heavy (non-hydrogen) atoms. The zero-order valence-electron chi connectivity index (χ0n) is 39.3. The maximum Gasteiger partial charge on any atom is 0.490 e. The monoisotopic (exact) mass is 1030 g/mol. The highest BCUT2D eigenvalue weighted by molar-refractivity contribution is 6.07. The number of imidazole rings is 2. The number of carboxylic acids is 2. The van der Waals surface area contributed by atoms with Crippen molar-refractivity contribution in [1.29, 1.82) is 0 Å². The van der Waals surface area contributed by atoms with Gasteiger partial charge < -0.3 is 51.9 Å². The van der Waals surface area contributed by atoms with E-state index in [1.165, 1.54) is 12.4 Å². The van der Waals surface area contributed by atoms with Gasteiger partial charge in [0.05, 0.1) is 35.7 Å². The van der Waals surface area contributed by atoms with Crippen LogP contribution in [0.1, 0.15) is 45.7 Å². The van der Waals surface area contributed by atoms with Gasteiger partial charge in [-0.2, -0.15) is 26.3 Å². The van der Waals surface area contributed by atoms with E-state index in [1.54, 1.807) is 0 Å². The highest BCUT2D eigenvalue weighted by Gasteiger charge is 2.39. The van der Waals surface area contributed by atoms with E-state index in [9.17, 15) is 35.9 Å². The second kappa shape index (κ2) is 23.9. The van der Waals surface area contributed by atoms with Crippen molar-refractivity contribution in [3.8, 4) is 22.8 Å². The molecule has 18 nitrogen and oxygen atoms in total. The van der Waals surface area contributed by atoms with Crippen LogP contribution in [0.15, 0.2) is 116 Å². The summed E-state index contributed by atoms with van der Waals surface area (Å²) >= 11 is 0. The van der Waals surface area contributed by atoms with Gasteiger partial charge in [-0.05, 0) is 60.4 Å². The molecule has 0 spiro atoms. The van der Waals surface area contributed by atoms with E-state index >= 15 is 0 Å². The minimum Gasteiger partial charge on any atom is -0.475 e. The molecule has 10 N–H and O–H groups in total. The number of carbonyl (C=O) groups excluding carboxylic acids is 2. The van der Waals surface area contributed by atoms with Gasteiger partial charge in [0.25, 0.3) is 11.8 Å². The Kier molecular flexibility index (Phi) is 17.5. The summed E-state index contributed by atoms with van der Waals surface area (Å²) in [6, 6.07) is 34.0. The van der Waals surface area contributed by atoms with Crippen LogP contribution in [0.25, 0.3) is 45.1 Å². The van der Waals surface area contributed by atoms with Crippen molar-refractivity contribution in [2.75, 3.05) is 41.8 Å². The SMILES string of the molecule is CCc1ccccc1Nc1c(C(N)=O)cnc2nc(-c3ccc(N4CCOCC4)cc3)[nH]c12.CCc1ccccc1Nc1c(C(N)=O)cnc2nc(-c3ccccc3)[nH]c12.O=C(O)C(F)(F)F.O=C(O)C(F)(F)F. The maximum atomic E-state index is 12.2. The van der Waals surface area contributed by atoms with E-state index in [-0.39, 0.29) is 0 Å². The first-order valence-corrected chi connectivity index (χ1v) is 22.4. The van der Waals surface area contributed by atoms with E-state index in [2.05, 4.69) is 77.5 Å². The molecule has 4 aromatic heterocycles. The molecule has 2 amide bonds. The van der Waals surface area contributed by atoms with Gasteiger partial charge in [0.1, 0.15) is 22.7 Å². The number of halogens is 6. The van der Waals surface area contributed by atoms with Gasteiger partial charge in [0, 0.05) is 53.7 Å². The number of alkyl halides is 6. The number of fused-ring (bicyclic) bond motifs is 2. The van der Waals surface area contributed by atoms with E-state index in [0.29, 0.717) is 56.5 Å². The number of hydrogen-bond donors (Lipinski definition) is 8. The number of primary amides is 2. The standard InChI is InChI=1S/C25H26N6O2.C21H19N5O.2C2HF3O2/c1-2-16-5-3-4-6-20(16)28-21-19(23(26)32)15-27-25-22(21)29-24(30-25)17-7-9-18(10-8-17)31-11-13-33-14-12-31;1-2-13-8-6-7-11-16(13)24-17-15(19(22)27)12-23-21-18(17)25-20(26-21)14-9-4-3-5-10-14;2*3-2(4,5)1(6)7/h3-10,15H,2,11-14H2,1H3,(H2,26,32)(H2,27,28,29,30);3-12H,2H2,1H3,(H2,22,27)(H2,23,24,25,26);2*(H,6,7). The molecule has 4 aromatic carbocycles.